The van der Waals surface area contributed by atoms with Crippen LogP contribution in [0.5, 0.6) is 0 Å². The van der Waals surface area contributed by atoms with E-state index in [1.165, 1.54) is 23.2 Å². The fraction of sp³-hybridized carbons (Fsp3) is 0.227. The quantitative estimate of drug-likeness (QED) is 0.674. The van der Waals surface area contributed by atoms with E-state index in [0.29, 0.717) is 16.9 Å². The van der Waals surface area contributed by atoms with E-state index in [1.54, 1.807) is 58.3 Å². The van der Waals surface area contributed by atoms with Crippen LogP contribution in [0.1, 0.15) is 36.7 Å². The van der Waals surface area contributed by atoms with Crippen molar-refractivity contribution in [2.24, 2.45) is 0 Å². The molecule has 0 atom stereocenters. The number of pyridine rings is 1. The number of aromatic nitrogens is 3. The summed E-state index contributed by atoms with van der Waals surface area (Å²) in [6, 6.07) is 9.83. The molecule has 1 aromatic carbocycles. The molecule has 0 unspecified atom stereocenters. The van der Waals surface area contributed by atoms with Crippen molar-refractivity contribution in [1.29, 1.82) is 0 Å². The Bertz CT molecular complexity index is 1080. The van der Waals surface area contributed by atoms with Crippen molar-refractivity contribution in [3.63, 3.8) is 0 Å². The Balaban J connectivity index is 2.15. The maximum Gasteiger partial charge on any atom is 0.421 e. The molecule has 2 aromatic heterocycles. The van der Waals surface area contributed by atoms with E-state index < -0.39 is 17.7 Å². The number of carbonyl (C=O) groups excluding carboxylic acids is 1. The lowest BCUT2D eigenvalue weighted by Gasteiger charge is -2.27. The van der Waals surface area contributed by atoms with Gasteiger partial charge in [-0.25, -0.2) is 24.5 Å². The lowest BCUT2D eigenvalue weighted by Crippen LogP contribution is -2.35. The molecule has 0 aliphatic carbocycles. The number of hydrogen-bond acceptors (Lipinski definition) is 6. The third-order valence-electron chi connectivity index (χ3n) is 4.07. The second kappa shape index (κ2) is 8.28. The van der Waals surface area contributed by atoms with Gasteiger partial charge in [0.1, 0.15) is 5.60 Å². The Morgan fingerprint density at radius 2 is 1.87 bits per heavy atom. The lowest BCUT2D eigenvalue weighted by molar-refractivity contribution is 0.0594. The monoisotopic (exact) mass is 406 g/mol. The van der Waals surface area contributed by atoms with E-state index in [2.05, 4.69) is 15.0 Å². The van der Waals surface area contributed by atoms with Gasteiger partial charge in [0.2, 0.25) is 5.95 Å². The van der Waals surface area contributed by atoms with Crippen LogP contribution < -0.4 is 4.90 Å². The normalized spacial score (nSPS) is 11.1. The van der Waals surface area contributed by atoms with Crippen LogP contribution in [-0.2, 0) is 4.74 Å². The van der Waals surface area contributed by atoms with Crippen molar-refractivity contribution < 1.29 is 19.4 Å². The summed E-state index contributed by atoms with van der Waals surface area (Å²) in [6.07, 6.45) is 4.12. The molecule has 0 saturated heterocycles. The molecule has 0 spiro atoms. The van der Waals surface area contributed by atoms with Crippen LogP contribution in [0.25, 0.3) is 11.3 Å². The van der Waals surface area contributed by atoms with Crippen LogP contribution in [0, 0.1) is 6.92 Å². The zero-order valence-corrected chi connectivity index (χ0v) is 17.2. The summed E-state index contributed by atoms with van der Waals surface area (Å²) in [6.45, 7) is 7.01. The first-order valence-corrected chi connectivity index (χ1v) is 9.26. The Kier molecular flexibility index (Phi) is 5.77. The number of carboxylic acids is 1. The van der Waals surface area contributed by atoms with Gasteiger partial charge in [0, 0.05) is 24.2 Å². The number of carboxylic acid groups (broad SMARTS) is 1. The summed E-state index contributed by atoms with van der Waals surface area (Å²) >= 11 is 0. The highest BCUT2D eigenvalue weighted by atomic mass is 16.6. The third-order valence-corrected chi connectivity index (χ3v) is 4.07. The molecule has 0 fully saturated rings. The number of aryl methyl sites for hydroxylation is 1. The van der Waals surface area contributed by atoms with Crippen molar-refractivity contribution in [2.75, 3.05) is 4.90 Å². The van der Waals surface area contributed by atoms with Gasteiger partial charge >= 0.3 is 12.1 Å². The maximum atomic E-state index is 13.1. The Hall–Kier alpha value is -3.81. The van der Waals surface area contributed by atoms with Crippen molar-refractivity contribution in [3.8, 4) is 11.3 Å². The second-order valence-electron chi connectivity index (χ2n) is 7.61. The van der Waals surface area contributed by atoms with Crippen molar-refractivity contribution in [1.82, 2.24) is 15.0 Å². The van der Waals surface area contributed by atoms with E-state index in [1.807, 2.05) is 6.07 Å². The molecule has 154 valence electrons. The summed E-state index contributed by atoms with van der Waals surface area (Å²) in [4.78, 5) is 38.6. The third kappa shape index (κ3) is 4.78. The van der Waals surface area contributed by atoms with Crippen LogP contribution >= 0.6 is 0 Å². The SMILES string of the molecule is Cc1ccc(C(=O)O)cc1N(C(=O)OC(C)(C)C)c1nccc(-c2cccnc2)n1. The van der Waals surface area contributed by atoms with Crippen molar-refractivity contribution in [2.45, 2.75) is 33.3 Å². The topological polar surface area (TPSA) is 106 Å². The number of rotatable bonds is 4. The highest BCUT2D eigenvalue weighted by Crippen LogP contribution is 2.30. The molecule has 8 heteroatoms. The summed E-state index contributed by atoms with van der Waals surface area (Å²) < 4.78 is 5.56. The Labute approximate surface area is 174 Å². The number of amides is 1. The highest BCUT2D eigenvalue weighted by Gasteiger charge is 2.29. The maximum absolute atomic E-state index is 13.1. The number of aromatic carboxylic acids is 1. The Morgan fingerprint density at radius 3 is 2.50 bits per heavy atom. The molecule has 3 aromatic rings. The number of hydrogen-bond donors (Lipinski definition) is 1. The van der Waals surface area contributed by atoms with Crippen LogP contribution in [0.4, 0.5) is 16.4 Å². The first kappa shape index (κ1) is 20.9. The molecule has 2 heterocycles. The fourth-order valence-corrected chi connectivity index (χ4v) is 2.71. The molecule has 1 N–H and O–H groups in total. The minimum absolute atomic E-state index is 0.0348. The van der Waals surface area contributed by atoms with E-state index in [-0.39, 0.29) is 11.5 Å². The lowest BCUT2D eigenvalue weighted by atomic mass is 10.1. The van der Waals surface area contributed by atoms with Gasteiger partial charge < -0.3 is 9.84 Å². The second-order valence-corrected chi connectivity index (χ2v) is 7.61. The van der Waals surface area contributed by atoms with Crippen LogP contribution in [0.15, 0.2) is 55.0 Å². The molecule has 0 saturated carbocycles. The minimum atomic E-state index is -1.11. The summed E-state index contributed by atoms with van der Waals surface area (Å²) in [5.74, 6) is -1.04. The molecule has 0 aliphatic rings. The number of benzene rings is 1. The number of ether oxygens (including phenoxy) is 1. The number of nitrogens with zero attached hydrogens (tertiary/aromatic N) is 4. The van der Waals surface area contributed by atoms with E-state index in [0.717, 1.165) is 5.56 Å². The van der Waals surface area contributed by atoms with Gasteiger partial charge in [0.25, 0.3) is 0 Å². The number of anilines is 2. The van der Waals surface area contributed by atoms with Gasteiger partial charge in [0.15, 0.2) is 0 Å². The average molecular weight is 406 g/mol. The van der Waals surface area contributed by atoms with Crippen LogP contribution in [0.2, 0.25) is 0 Å². The zero-order chi connectivity index (χ0) is 21.9. The molecular weight excluding hydrogens is 384 g/mol. The predicted molar refractivity (Wildman–Crippen MR) is 112 cm³/mol. The van der Waals surface area contributed by atoms with Crippen LogP contribution in [-0.4, -0.2) is 37.7 Å². The molecule has 0 radical (unpaired) electrons. The molecule has 3 rings (SSSR count). The molecule has 0 aliphatic heterocycles. The molecular formula is C22H22N4O4. The molecule has 8 nitrogen and oxygen atoms in total. The van der Waals surface area contributed by atoms with Gasteiger partial charge in [-0.3, -0.25) is 4.98 Å². The van der Waals surface area contributed by atoms with Crippen LogP contribution in [0.3, 0.4) is 0 Å². The predicted octanol–water partition coefficient (Wildman–Crippen LogP) is 4.62. The first-order chi connectivity index (χ1) is 14.2. The van der Waals surface area contributed by atoms with Gasteiger partial charge in [-0.2, -0.15) is 0 Å². The summed E-state index contributed by atoms with van der Waals surface area (Å²) in [5.41, 5.74) is 1.57. The molecule has 30 heavy (non-hydrogen) atoms. The minimum Gasteiger partial charge on any atom is -0.478 e. The highest BCUT2D eigenvalue weighted by molar-refractivity contribution is 5.97. The van der Waals surface area contributed by atoms with Gasteiger partial charge in [-0.1, -0.05) is 6.07 Å². The molecule has 1 amide bonds. The largest absolute Gasteiger partial charge is 0.478 e. The van der Waals surface area contributed by atoms with E-state index in [9.17, 15) is 14.7 Å². The van der Waals surface area contributed by atoms with E-state index in [4.69, 9.17) is 4.74 Å². The zero-order valence-electron chi connectivity index (χ0n) is 17.2. The first-order valence-electron chi connectivity index (χ1n) is 9.26. The smallest absolute Gasteiger partial charge is 0.421 e. The van der Waals surface area contributed by atoms with Gasteiger partial charge in [-0.15, -0.1) is 0 Å². The van der Waals surface area contributed by atoms with Crippen molar-refractivity contribution in [3.05, 3.63) is 66.1 Å². The summed E-state index contributed by atoms with van der Waals surface area (Å²) in [7, 11) is 0. The fourth-order valence-electron chi connectivity index (χ4n) is 2.71. The van der Waals surface area contributed by atoms with Gasteiger partial charge in [0.05, 0.1) is 16.9 Å². The number of carbonyl (C=O) groups is 2. The average Bonchev–Trinajstić information content (AvgIpc) is 2.69. The van der Waals surface area contributed by atoms with E-state index >= 15 is 0 Å². The van der Waals surface area contributed by atoms with Crippen molar-refractivity contribution >= 4 is 23.7 Å². The Morgan fingerprint density at radius 1 is 1.10 bits per heavy atom. The van der Waals surface area contributed by atoms with Gasteiger partial charge in [-0.05, 0) is 63.6 Å². The molecule has 0 bridgehead atoms. The summed E-state index contributed by atoms with van der Waals surface area (Å²) in [5, 5.41) is 9.40. The standard InChI is InChI=1S/C22H22N4O4/c1-14-7-8-15(19(27)28)12-18(14)26(21(29)30-22(2,3)4)20-24-11-9-17(25-20)16-6-5-10-23-13-16/h5-13H,1-4H3,(H,27,28).